The third kappa shape index (κ3) is 5.00. The van der Waals surface area contributed by atoms with Crippen molar-refractivity contribution in [2.45, 2.75) is 31.6 Å². The Morgan fingerprint density at radius 2 is 1.44 bits per heavy atom. The van der Waals surface area contributed by atoms with Crippen LogP contribution in [0, 0.1) is 25.6 Å². The fourth-order valence-electron chi connectivity index (χ4n) is 4.50. The van der Waals surface area contributed by atoms with Gasteiger partial charge in [0, 0.05) is 50.7 Å². The van der Waals surface area contributed by atoms with E-state index in [2.05, 4.69) is 0 Å². The number of sulfonamides is 1. The van der Waals surface area contributed by atoms with Crippen molar-refractivity contribution in [2.75, 3.05) is 39.3 Å². The predicted molar refractivity (Wildman–Crippen MR) is 126 cm³/mol. The number of carbonyl (C=O) groups excluding carboxylic acids is 2. The Labute approximate surface area is 200 Å². The maximum Gasteiger partial charge on any atom is 0.254 e. The number of carbonyl (C=O) groups is 2. The topological polar surface area (TPSA) is 78.0 Å². The second-order valence-corrected chi connectivity index (χ2v) is 11.0. The molecule has 2 saturated heterocycles. The Hall–Kier alpha value is -2.78. The lowest BCUT2D eigenvalue weighted by atomic mass is 9.96. The number of rotatable bonds is 4. The molecule has 2 aromatic carbocycles. The summed E-state index contributed by atoms with van der Waals surface area (Å²) in [6, 6.07) is 11.3. The van der Waals surface area contributed by atoms with Crippen LogP contribution >= 0.6 is 0 Å². The monoisotopic (exact) mass is 487 g/mol. The van der Waals surface area contributed by atoms with Gasteiger partial charge in [-0.1, -0.05) is 23.8 Å². The van der Waals surface area contributed by atoms with E-state index in [-0.39, 0.29) is 22.6 Å². The van der Waals surface area contributed by atoms with Crippen molar-refractivity contribution in [1.29, 1.82) is 0 Å². The molecule has 9 heteroatoms. The van der Waals surface area contributed by atoms with Crippen LogP contribution in [0.15, 0.2) is 47.4 Å². The van der Waals surface area contributed by atoms with Crippen molar-refractivity contribution in [1.82, 2.24) is 14.1 Å². The Morgan fingerprint density at radius 1 is 0.853 bits per heavy atom. The molecule has 2 aliphatic heterocycles. The minimum absolute atomic E-state index is 0.0147. The number of amides is 2. The summed E-state index contributed by atoms with van der Waals surface area (Å²) in [5.74, 6) is -0.852. The van der Waals surface area contributed by atoms with E-state index in [1.54, 1.807) is 53.1 Å². The van der Waals surface area contributed by atoms with E-state index in [1.807, 2.05) is 6.92 Å². The van der Waals surface area contributed by atoms with Gasteiger partial charge in [-0.2, -0.15) is 4.31 Å². The summed E-state index contributed by atoms with van der Waals surface area (Å²) in [6.45, 7) is 5.79. The van der Waals surface area contributed by atoms with Gasteiger partial charge in [0.2, 0.25) is 15.9 Å². The molecule has 0 bridgehead atoms. The summed E-state index contributed by atoms with van der Waals surface area (Å²) in [6.07, 6.45) is 0.956. The molecule has 4 rings (SSSR count). The van der Waals surface area contributed by atoms with Crippen molar-refractivity contribution in [3.63, 3.8) is 0 Å². The van der Waals surface area contributed by atoms with E-state index in [4.69, 9.17) is 0 Å². The van der Waals surface area contributed by atoms with Gasteiger partial charge in [0.25, 0.3) is 5.91 Å². The number of aryl methyl sites for hydroxylation is 2. The molecule has 34 heavy (non-hydrogen) atoms. The van der Waals surface area contributed by atoms with Gasteiger partial charge in [-0.3, -0.25) is 9.59 Å². The average molecular weight is 488 g/mol. The van der Waals surface area contributed by atoms with E-state index >= 15 is 0 Å². The summed E-state index contributed by atoms with van der Waals surface area (Å²) in [5, 5.41) is 0. The molecule has 2 aromatic rings. The van der Waals surface area contributed by atoms with Gasteiger partial charge < -0.3 is 9.80 Å². The fourth-order valence-corrected chi connectivity index (χ4v) is 5.97. The largest absolute Gasteiger partial charge is 0.339 e. The van der Waals surface area contributed by atoms with E-state index in [9.17, 15) is 22.4 Å². The van der Waals surface area contributed by atoms with E-state index < -0.39 is 15.8 Å². The number of halogens is 1. The molecule has 0 aromatic heterocycles. The highest BCUT2D eigenvalue weighted by Gasteiger charge is 2.35. The highest BCUT2D eigenvalue weighted by molar-refractivity contribution is 7.89. The van der Waals surface area contributed by atoms with Gasteiger partial charge in [0.1, 0.15) is 5.82 Å². The smallest absolute Gasteiger partial charge is 0.254 e. The maximum atomic E-state index is 13.8. The van der Waals surface area contributed by atoms with E-state index in [0.717, 1.165) is 5.56 Å². The molecule has 2 heterocycles. The molecule has 0 spiro atoms. The van der Waals surface area contributed by atoms with Crippen molar-refractivity contribution in [2.24, 2.45) is 5.92 Å². The summed E-state index contributed by atoms with van der Waals surface area (Å²) >= 11 is 0. The quantitative estimate of drug-likeness (QED) is 0.665. The van der Waals surface area contributed by atoms with Crippen LogP contribution in [0.25, 0.3) is 0 Å². The first kappa shape index (κ1) is 24.3. The lowest BCUT2D eigenvalue weighted by Gasteiger charge is -2.38. The lowest BCUT2D eigenvalue weighted by Crippen LogP contribution is -2.53. The Kier molecular flexibility index (Phi) is 7.04. The van der Waals surface area contributed by atoms with Gasteiger partial charge in [-0.15, -0.1) is 0 Å². The molecule has 2 aliphatic rings. The molecule has 0 unspecified atom stereocenters. The Balaban J connectivity index is 1.30. The number of benzene rings is 2. The second kappa shape index (κ2) is 9.84. The SMILES string of the molecule is Cc1ccc(S(=O)(=O)N2CCC(C(=O)N3CCN(C(=O)c4ccc(C)c(F)c4)CC3)CC2)cc1. The van der Waals surface area contributed by atoms with Gasteiger partial charge in [0.15, 0.2) is 0 Å². The van der Waals surface area contributed by atoms with Crippen molar-refractivity contribution >= 4 is 21.8 Å². The normalized spacial score (nSPS) is 18.2. The summed E-state index contributed by atoms with van der Waals surface area (Å²) in [7, 11) is -3.56. The zero-order chi connectivity index (χ0) is 24.5. The van der Waals surface area contributed by atoms with Crippen LogP contribution in [0.5, 0.6) is 0 Å². The number of hydrogen-bond acceptors (Lipinski definition) is 4. The van der Waals surface area contributed by atoms with Gasteiger partial charge in [-0.05, 0) is 56.5 Å². The van der Waals surface area contributed by atoms with Crippen molar-refractivity contribution < 1.29 is 22.4 Å². The van der Waals surface area contributed by atoms with Crippen LogP contribution < -0.4 is 0 Å². The Bertz CT molecular complexity index is 1170. The van der Waals surface area contributed by atoms with Crippen LogP contribution in [0.2, 0.25) is 0 Å². The summed E-state index contributed by atoms with van der Waals surface area (Å²) in [5.41, 5.74) is 1.80. The molecule has 0 saturated carbocycles. The third-order valence-corrected chi connectivity index (χ3v) is 8.67. The highest BCUT2D eigenvalue weighted by Crippen LogP contribution is 2.26. The average Bonchev–Trinajstić information content (AvgIpc) is 2.85. The molecule has 0 aliphatic carbocycles. The molecule has 2 fully saturated rings. The first-order valence-electron chi connectivity index (χ1n) is 11.6. The summed E-state index contributed by atoms with van der Waals surface area (Å²) < 4.78 is 41.1. The molecule has 0 radical (unpaired) electrons. The number of piperazine rings is 1. The molecular formula is C25H30FN3O4S. The van der Waals surface area contributed by atoms with Gasteiger partial charge in [0.05, 0.1) is 4.90 Å². The maximum absolute atomic E-state index is 13.8. The second-order valence-electron chi connectivity index (χ2n) is 9.07. The van der Waals surface area contributed by atoms with Crippen molar-refractivity contribution in [3.05, 3.63) is 65.0 Å². The fraction of sp³-hybridized carbons (Fsp3) is 0.440. The molecule has 2 amide bonds. The molecule has 182 valence electrons. The molecular weight excluding hydrogens is 457 g/mol. The first-order chi connectivity index (χ1) is 16.2. The molecule has 0 atom stereocenters. The van der Waals surface area contributed by atoms with Crippen molar-refractivity contribution in [3.8, 4) is 0 Å². The molecule has 0 N–H and O–H groups in total. The Morgan fingerprint density at radius 3 is 2.03 bits per heavy atom. The van der Waals surface area contributed by atoms with Crippen LogP contribution in [0.4, 0.5) is 4.39 Å². The van der Waals surface area contributed by atoms with Gasteiger partial charge in [-0.25, -0.2) is 12.8 Å². The van der Waals surface area contributed by atoms with Crippen LogP contribution in [-0.4, -0.2) is 73.6 Å². The number of hydrogen-bond donors (Lipinski definition) is 0. The number of piperidine rings is 1. The lowest BCUT2D eigenvalue weighted by molar-refractivity contribution is -0.138. The first-order valence-corrected chi connectivity index (χ1v) is 13.0. The van der Waals surface area contributed by atoms with E-state index in [1.165, 1.54) is 10.4 Å². The van der Waals surface area contributed by atoms with E-state index in [0.29, 0.717) is 63.2 Å². The van der Waals surface area contributed by atoms with Gasteiger partial charge >= 0.3 is 0 Å². The minimum atomic E-state index is -3.56. The highest BCUT2D eigenvalue weighted by atomic mass is 32.2. The molecule has 7 nitrogen and oxygen atoms in total. The number of nitrogens with zero attached hydrogens (tertiary/aromatic N) is 3. The minimum Gasteiger partial charge on any atom is -0.339 e. The zero-order valence-electron chi connectivity index (χ0n) is 19.5. The van der Waals surface area contributed by atoms with Crippen LogP contribution in [0.3, 0.4) is 0 Å². The van der Waals surface area contributed by atoms with Crippen LogP contribution in [0.1, 0.15) is 34.3 Å². The summed E-state index contributed by atoms with van der Waals surface area (Å²) in [4.78, 5) is 29.4. The standard InChI is InChI=1S/C25H30FN3O4S/c1-18-3-7-22(8-4-18)34(32,33)29-11-9-20(10-12-29)24(30)27-13-15-28(16-14-27)25(31)21-6-5-19(2)23(26)17-21/h3-8,17,20H,9-16H2,1-2H3. The third-order valence-electron chi connectivity index (χ3n) is 6.76. The van der Waals surface area contributed by atoms with Crippen LogP contribution in [-0.2, 0) is 14.8 Å². The predicted octanol–water partition coefficient (Wildman–Crippen LogP) is 2.83. The zero-order valence-corrected chi connectivity index (χ0v) is 20.4.